The van der Waals surface area contributed by atoms with Crippen LogP contribution in [0.1, 0.15) is 30.1 Å². The molecular formula is C15H22N2O3. The predicted molar refractivity (Wildman–Crippen MR) is 76.9 cm³/mol. The van der Waals surface area contributed by atoms with E-state index in [9.17, 15) is 9.90 Å². The Morgan fingerprint density at radius 2 is 2.30 bits per heavy atom. The third-order valence-corrected chi connectivity index (χ3v) is 4.04. The molecule has 20 heavy (non-hydrogen) atoms. The van der Waals surface area contributed by atoms with Crippen LogP contribution in [-0.2, 0) is 0 Å². The highest BCUT2D eigenvalue weighted by Crippen LogP contribution is 2.27. The molecule has 0 bridgehead atoms. The van der Waals surface area contributed by atoms with Crippen molar-refractivity contribution in [2.45, 2.75) is 25.8 Å². The smallest absolute Gasteiger partial charge is 0.257 e. The van der Waals surface area contributed by atoms with E-state index in [4.69, 9.17) is 10.5 Å². The van der Waals surface area contributed by atoms with E-state index in [1.54, 1.807) is 17.0 Å². The number of piperidine rings is 1. The summed E-state index contributed by atoms with van der Waals surface area (Å²) in [5.74, 6) is 0.673. The Morgan fingerprint density at radius 3 is 2.90 bits per heavy atom. The molecule has 1 heterocycles. The van der Waals surface area contributed by atoms with Crippen molar-refractivity contribution in [1.82, 2.24) is 4.90 Å². The normalized spacial score (nSPS) is 22.6. The number of carbonyl (C=O) groups excluding carboxylic acids is 1. The summed E-state index contributed by atoms with van der Waals surface area (Å²) >= 11 is 0. The van der Waals surface area contributed by atoms with Crippen LogP contribution in [0.2, 0.25) is 0 Å². The quantitative estimate of drug-likeness (QED) is 0.880. The highest BCUT2D eigenvalue weighted by atomic mass is 16.5. The molecule has 1 aromatic rings. The number of phenols is 1. The SMILES string of the molecule is CCC1CN(C(=O)c2ccc(OC)cc2O)CCC1N. The van der Waals surface area contributed by atoms with Gasteiger partial charge in [-0.1, -0.05) is 13.3 Å². The molecule has 1 fully saturated rings. The number of nitrogens with zero attached hydrogens (tertiary/aromatic N) is 1. The summed E-state index contributed by atoms with van der Waals surface area (Å²) in [5, 5.41) is 9.95. The van der Waals surface area contributed by atoms with E-state index in [1.165, 1.54) is 13.2 Å². The Bertz CT molecular complexity index is 490. The number of ether oxygens (including phenoxy) is 1. The fraction of sp³-hybridized carbons (Fsp3) is 0.533. The van der Waals surface area contributed by atoms with Crippen LogP contribution in [0.4, 0.5) is 0 Å². The van der Waals surface area contributed by atoms with Crippen LogP contribution < -0.4 is 10.5 Å². The van der Waals surface area contributed by atoms with Gasteiger partial charge in [0.25, 0.3) is 5.91 Å². The van der Waals surface area contributed by atoms with Crippen LogP contribution in [0.15, 0.2) is 18.2 Å². The van der Waals surface area contributed by atoms with Gasteiger partial charge in [-0.2, -0.15) is 0 Å². The van der Waals surface area contributed by atoms with Crippen molar-refractivity contribution in [2.24, 2.45) is 11.7 Å². The number of rotatable bonds is 3. The molecule has 2 unspecified atom stereocenters. The number of methoxy groups -OCH3 is 1. The van der Waals surface area contributed by atoms with E-state index in [1.807, 2.05) is 0 Å². The lowest BCUT2D eigenvalue weighted by molar-refractivity contribution is 0.0646. The average Bonchev–Trinajstić information content (AvgIpc) is 2.47. The minimum atomic E-state index is -0.143. The molecule has 0 aromatic heterocycles. The lowest BCUT2D eigenvalue weighted by Crippen LogP contribution is -2.49. The summed E-state index contributed by atoms with van der Waals surface area (Å²) in [7, 11) is 1.52. The summed E-state index contributed by atoms with van der Waals surface area (Å²) in [6, 6.07) is 4.90. The Labute approximate surface area is 119 Å². The number of amides is 1. The number of nitrogens with two attached hydrogens (primary N) is 1. The van der Waals surface area contributed by atoms with Gasteiger partial charge in [0.1, 0.15) is 11.5 Å². The molecule has 0 spiro atoms. The van der Waals surface area contributed by atoms with Gasteiger partial charge in [-0.25, -0.2) is 0 Å². The Balaban J connectivity index is 2.15. The third kappa shape index (κ3) is 2.88. The number of hydrogen-bond donors (Lipinski definition) is 2. The van der Waals surface area contributed by atoms with Gasteiger partial charge in [0.15, 0.2) is 0 Å². The zero-order valence-corrected chi connectivity index (χ0v) is 12.0. The number of benzene rings is 1. The van der Waals surface area contributed by atoms with Crippen molar-refractivity contribution in [3.05, 3.63) is 23.8 Å². The lowest BCUT2D eigenvalue weighted by Gasteiger charge is -2.36. The number of hydrogen-bond acceptors (Lipinski definition) is 4. The summed E-state index contributed by atoms with van der Waals surface area (Å²) in [6.45, 7) is 3.38. The molecule has 2 atom stereocenters. The van der Waals surface area contributed by atoms with E-state index in [2.05, 4.69) is 6.92 Å². The van der Waals surface area contributed by atoms with Crippen molar-refractivity contribution in [3.63, 3.8) is 0 Å². The number of likely N-dealkylation sites (tertiary alicyclic amines) is 1. The summed E-state index contributed by atoms with van der Waals surface area (Å²) in [5.41, 5.74) is 6.37. The maximum atomic E-state index is 12.5. The zero-order valence-electron chi connectivity index (χ0n) is 12.0. The zero-order chi connectivity index (χ0) is 14.7. The molecule has 0 saturated carbocycles. The van der Waals surface area contributed by atoms with Crippen LogP contribution in [0.5, 0.6) is 11.5 Å². The Kier molecular flexibility index (Phi) is 4.49. The second kappa shape index (κ2) is 6.13. The maximum absolute atomic E-state index is 12.5. The first-order valence-electron chi connectivity index (χ1n) is 6.98. The van der Waals surface area contributed by atoms with Crippen LogP contribution in [0.25, 0.3) is 0 Å². The van der Waals surface area contributed by atoms with E-state index in [-0.39, 0.29) is 17.7 Å². The molecule has 1 saturated heterocycles. The van der Waals surface area contributed by atoms with Crippen LogP contribution >= 0.6 is 0 Å². The molecule has 2 rings (SSSR count). The van der Waals surface area contributed by atoms with Crippen molar-refractivity contribution in [3.8, 4) is 11.5 Å². The van der Waals surface area contributed by atoms with Crippen molar-refractivity contribution >= 4 is 5.91 Å². The molecule has 110 valence electrons. The molecule has 3 N–H and O–H groups in total. The van der Waals surface area contributed by atoms with E-state index >= 15 is 0 Å². The first-order chi connectivity index (χ1) is 9.56. The fourth-order valence-corrected chi connectivity index (χ4v) is 2.66. The fourth-order valence-electron chi connectivity index (χ4n) is 2.66. The van der Waals surface area contributed by atoms with E-state index in [0.29, 0.717) is 30.3 Å². The molecule has 1 amide bonds. The van der Waals surface area contributed by atoms with Crippen molar-refractivity contribution in [2.75, 3.05) is 20.2 Å². The highest BCUT2D eigenvalue weighted by Gasteiger charge is 2.29. The molecular weight excluding hydrogens is 256 g/mol. The van der Waals surface area contributed by atoms with Crippen molar-refractivity contribution in [1.29, 1.82) is 0 Å². The number of aromatic hydroxyl groups is 1. The summed E-state index contributed by atoms with van der Waals surface area (Å²) in [4.78, 5) is 14.2. The Hall–Kier alpha value is -1.75. The van der Waals surface area contributed by atoms with Crippen LogP contribution in [0, 0.1) is 5.92 Å². The second-order valence-corrected chi connectivity index (χ2v) is 5.26. The largest absolute Gasteiger partial charge is 0.507 e. The maximum Gasteiger partial charge on any atom is 0.257 e. The number of carbonyl (C=O) groups is 1. The van der Waals surface area contributed by atoms with Gasteiger partial charge in [-0.3, -0.25) is 4.79 Å². The monoisotopic (exact) mass is 278 g/mol. The molecule has 0 aliphatic carbocycles. The van der Waals surface area contributed by atoms with Gasteiger partial charge in [-0.05, 0) is 24.5 Å². The summed E-state index contributed by atoms with van der Waals surface area (Å²) < 4.78 is 5.02. The molecule has 5 heteroatoms. The minimum absolute atomic E-state index is 0.0442. The van der Waals surface area contributed by atoms with Gasteiger partial charge >= 0.3 is 0 Å². The van der Waals surface area contributed by atoms with Gasteiger partial charge < -0.3 is 20.5 Å². The van der Waals surface area contributed by atoms with E-state index < -0.39 is 0 Å². The van der Waals surface area contributed by atoms with Gasteiger partial charge in [0.05, 0.1) is 12.7 Å². The van der Waals surface area contributed by atoms with Gasteiger partial charge in [-0.15, -0.1) is 0 Å². The van der Waals surface area contributed by atoms with Gasteiger partial charge in [0.2, 0.25) is 0 Å². The molecule has 5 nitrogen and oxygen atoms in total. The molecule has 0 radical (unpaired) electrons. The molecule has 1 aliphatic rings. The van der Waals surface area contributed by atoms with Crippen LogP contribution in [0.3, 0.4) is 0 Å². The van der Waals surface area contributed by atoms with Crippen LogP contribution in [-0.4, -0.2) is 42.2 Å². The van der Waals surface area contributed by atoms with Gasteiger partial charge in [0, 0.05) is 25.2 Å². The second-order valence-electron chi connectivity index (χ2n) is 5.26. The Morgan fingerprint density at radius 1 is 1.55 bits per heavy atom. The molecule has 1 aliphatic heterocycles. The number of phenolic OH excluding ortho intramolecular Hbond substituents is 1. The average molecular weight is 278 g/mol. The predicted octanol–water partition coefficient (Wildman–Crippen LogP) is 1.60. The topological polar surface area (TPSA) is 75.8 Å². The first kappa shape index (κ1) is 14.7. The van der Waals surface area contributed by atoms with E-state index in [0.717, 1.165) is 12.8 Å². The standard InChI is InChI=1S/C15H22N2O3/c1-3-10-9-17(7-6-13(10)16)15(19)12-5-4-11(20-2)8-14(12)18/h4-5,8,10,13,18H,3,6-7,9,16H2,1-2H3. The minimum Gasteiger partial charge on any atom is -0.507 e. The summed E-state index contributed by atoms with van der Waals surface area (Å²) in [6.07, 6.45) is 1.76. The third-order valence-electron chi connectivity index (χ3n) is 4.04. The van der Waals surface area contributed by atoms with Crippen molar-refractivity contribution < 1.29 is 14.6 Å². The highest BCUT2D eigenvalue weighted by molar-refractivity contribution is 5.97. The first-order valence-corrected chi connectivity index (χ1v) is 6.98. The lowest BCUT2D eigenvalue weighted by atomic mass is 9.90. The molecule has 1 aromatic carbocycles.